The fourth-order valence-electron chi connectivity index (χ4n) is 1.94. The standard InChI is InChI=1S/C14H12BrClF3NS/c1-20(8-11-4-5-13(16)21-11)10-3-2-9(7-15)12(6-10)14(17,18)19/h2-6H,7-8H2,1H3. The van der Waals surface area contributed by atoms with Crippen LogP contribution in [0.1, 0.15) is 16.0 Å². The smallest absolute Gasteiger partial charge is 0.369 e. The van der Waals surface area contributed by atoms with Crippen LogP contribution in [0.5, 0.6) is 0 Å². The predicted octanol–water partition coefficient (Wildman–Crippen LogP) is 5.95. The summed E-state index contributed by atoms with van der Waals surface area (Å²) in [6.45, 7) is 0.516. The van der Waals surface area contributed by atoms with E-state index in [1.807, 2.05) is 6.07 Å². The molecule has 1 aromatic carbocycles. The average molecular weight is 399 g/mol. The van der Waals surface area contributed by atoms with Gasteiger partial charge in [-0.3, -0.25) is 0 Å². The van der Waals surface area contributed by atoms with Crippen molar-refractivity contribution in [1.82, 2.24) is 0 Å². The Morgan fingerprint density at radius 1 is 1.24 bits per heavy atom. The van der Waals surface area contributed by atoms with Crippen LogP contribution in [0.25, 0.3) is 0 Å². The highest BCUT2D eigenvalue weighted by atomic mass is 79.9. The minimum absolute atomic E-state index is 0.173. The highest BCUT2D eigenvalue weighted by molar-refractivity contribution is 9.08. The van der Waals surface area contributed by atoms with E-state index in [4.69, 9.17) is 11.6 Å². The fraction of sp³-hybridized carbons (Fsp3) is 0.286. The molecule has 114 valence electrons. The molecule has 2 rings (SSSR count). The minimum Gasteiger partial charge on any atom is -0.369 e. The lowest BCUT2D eigenvalue weighted by molar-refractivity contribution is -0.138. The van der Waals surface area contributed by atoms with Gasteiger partial charge >= 0.3 is 6.18 Å². The molecular weight excluding hydrogens is 387 g/mol. The molecule has 1 nitrogen and oxygen atoms in total. The van der Waals surface area contributed by atoms with Crippen LogP contribution in [0.4, 0.5) is 18.9 Å². The number of thiophene rings is 1. The Balaban J connectivity index is 2.27. The molecular formula is C14H12BrClF3NS. The van der Waals surface area contributed by atoms with E-state index in [0.29, 0.717) is 16.6 Å². The van der Waals surface area contributed by atoms with E-state index < -0.39 is 11.7 Å². The monoisotopic (exact) mass is 397 g/mol. The van der Waals surface area contributed by atoms with Crippen LogP contribution in [-0.4, -0.2) is 7.05 Å². The van der Waals surface area contributed by atoms with Crippen LogP contribution in [0, 0.1) is 0 Å². The number of hydrogen-bond donors (Lipinski definition) is 0. The molecule has 0 spiro atoms. The molecule has 0 amide bonds. The molecule has 0 aliphatic heterocycles. The summed E-state index contributed by atoms with van der Waals surface area (Å²) in [6.07, 6.45) is -4.35. The molecule has 0 radical (unpaired) electrons. The van der Waals surface area contributed by atoms with Gasteiger partial charge in [-0.25, -0.2) is 0 Å². The summed E-state index contributed by atoms with van der Waals surface area (Å²) in [7, 11) is 1.76. The summed E-state index contributed by atoms with van der Waals surface area (Å²) in [5, 5.41) is 0.173. The van der Waals surface area contributed by atoms with Crippen molar-refractivity contribution in [3.8, 4) is 0 Å². The predicted molar refractivity (Wildman–Crippen MR) is 85.5 cm³/mol. The Hall–Kier alpha value is -0.720. The summed E-state index contributed by atoms with van der Waals surface area (Å²) in [5.74, 6) is 0. The normalized spacial score (nSPS) is 11.7. The quantitative estimate of drug-likeness (QED) is 0.575. The van der Waals surface area contributed by atoms with Gasteiger partial charge in [0.1, 0.15) is 0 Å². The zero-order valence-corrected chi connectivity index (χ0v) is 14.2. The highest BCUT2D eigenvalue weighted by Crippen LogP contribution is 2.35. The second-order valence-corrected chi connectivity index (χ2v) is 6.90. The number of halogens is 5. The van der Waals surface area contributed by atoms with Crippen LogP contribution in [0.15, 0.2) is 30.3 Å². The first-order chi connectivity index (χ1) is 9.81. The molecule has 0 atom stereocenters. The number of nitrogens with zero attached hydrogens (tertiary/aromatic N) is 1. The van der Waals surface area contributed by atoms with Crippen molar-refractivity contribution in [2.45, 2.75) is 18.1 Å². The maximum Gasteiger partial charge on any atom is 0.416 e. The van der Waals surface area contributed by atoms with E-state index in [1.54, 1.807) is 24.1 Å². The van der Waals surface area contributed by atoms with Crippen LogP contribution in [-0.2, 0) is 18.1 Å². The van der Waals surface area contributed by atoms with Gasteiger partial charge in [0.05, 0.1) is 16.4 Å². The molecule has 2 aromatic rings. The molecule has 0 unspecified atom stereocenters. The van der Waals surface area contributed by atoms with Gasteiger partial charge in [-0.1, -0.05) is 33.6 Å². The van der Waals surface area contributed by atoms with Crippen molar-refractivity contribution >= 4 is 44.6 Å². The van der Waals surface area contributed by atoms with Gasteiger partial charge in [0, 0.05) is 22.9 Å². The molecule has 0 saturated heterocycles. The summed E-state index contributed by atoms with van der Waals surface area (Å²) in [5.41, 5.74) is 0.156. The largest absolute Gasteiger partial charge is 0.416 e. The van der Waals surface area contributed by atoms with E-state index in [2.05, 4.69) is 15.9 Å². The second kappa shape index (κ2) is 6.58. The lowest BCUT2D eigenvalue weighted by Gasteiger charge is -2.21. The molecule has 21 heavy (non-hydrogen) atoms. The number of rotatable bonds is 4. The molecule has 0 N–H and O–H groups in total. The SMILES string of the molecule is CN(Cc1ccc(Cl)s1)c1ccc(CBr)c(C(F)(F)F)c1. The zero-order chi connectivity index (χ0) is 15.6. The van der Waals surface area contributed by atoms with E-state index in [0.717, 1.165) is 4.88 Å². The molecule has 1 aromatic heterocycles. The highest BCUT2D eigenvalue weighted by Gasteiger charge is 2.33. The summed E-state index contributed by atoms with van der Waals surface area (Å²) < 4.78 is 39.8. The van der Waals surface area contributed by atoms with E-state index in [-0.39, 0.29) is 10.9 Å². The maximum absolute atomic E-state index is 13.1. The van der Waals surface area contributed by atoms with Crippen molar-refractivity contribution in [2.75, 3.05) is 11.9 Å². The van der Waals surface area contributed by atoms with Gasteiger partial charge in [0.15, 0.2) is 0 Å². The topological polar surface area (TPSA) is 3.24 Å². The fourth-order valence-corrected chi connectivity index (χ4v) is 3.57. The van der Waals surface area contributed by atoms with Crippen molar-refractivity contribution in [3.05, 3.63) is 50.7 Å². The summed E-state index contributed by atoms with van der Waals surface area (Å²) in [4.78, 5) is 2.77. The Labute approximate surface area is 138 Å². The Bertz CT molecular complexity index is 627. The van der Waals surface area contributed by atoms with Crippen LogP contribution in [0.2, 0.25) is 4.34 Å². The van der Waals surface area contributed by atoms with Gasteiger partial charge in [0.25, 0.3) is 0 Å². The van der Waals surface area contributed by atoms with Gasteiger partial charge in [-0.2, -0.15) is 13.2 Å². The van der Waals surface area contributed by atoms with Gasteiger partial charge in [-0.15, -0.1) is 11.3 Å². The van der Waals surface area contributed by atoms with E-state index in [1.165, 1.54) is 23.5 Å². The third-order valence-electron chi connectivity index (χ3n) is 3.01. The molecule has 0 saturated carbocycles. The van der Waals surface area contributed by atoms with Crippen molar-refractivity contribution in [3.63, 3.8) is 0 Å². The number of alkyl halides is 4. The molecule has 0 aliphatic rings. The molecule has 0 bridgehead atoms. The number of benzene rings is 1. The average Bonchev–Trinajstić information content (AvgIpc) is 2.82. The third kappa shape index (κ3) is 4.14. The summed E-state index contributed by atoms with van der Waals surface area (Å²) >= 11 is 10.4. The van der Waals surface area contributed by atoms with Crippen LogP contribution in [0.3, 0.4) is 0 Å². The van der Waals surface area contributed by atoms with Gasteiger partial charge in [0.2, 0.25) is 0 Å². The van der Waals surface area contributed by atoms with E-state index >= 15 is 0 Å². The molecule has 0 aliphatic carbocycles. The van der Waals surface area contributed by atoms with Crippen LogP contribution < -0.4 is 4.90 Å². The third-order valence-corrected chi connectivity index (χ3v) is 4.83. The van der Waals surface area contributed by atoms with Crippen LogP contribution >= 0.6 is 38.9 Å². The lowest BCUT2D eigenvalue weighted by atomic mass is 10.1. The Morgan fingerprint density at radius 2 is 1.95 bits per heavy atom. The van der Waals surface area contributed by atoms with Crippen molar-refractivity contribution in [1.29, 1.82) is 0 Å². The number of hydrogen-bond acceptors (Lipinski definition) is 2. The second-order valence-electron chi connectivity index (χ2n) is 4.53. The first kappa shape index (κ1) is 16.6. The van der Waals surface area contributed by atoms with Gasteiger partial charge < -0.3 is 4.90 Å². The first-order valence-electron chi connectivity index (χ1n) is 6.02. The van der Waals surface area contributed by atoms with Gasteiger partial charge in [-0.05, 0) is 29.8 Å². The first-order valence-corrected chi connectivity index (χ1v) is 8.34. The maximum atomic E-state index is 13.1. The lowest BCUT2D eigenvalue weighted by Crippen LogP contribution is -2.17. The molecule has 7 heteroatoms. The molecule has 0 fully saturated rings. The molecule has 1 heterocycles. The Morgan fingerprint density at radius 3 is 2.48 bits per heavy atom. The van der Waals surface area contributed by atoms with E-state index in [9.17, 15) is 13.2 Å². The van der Waals surface area contributed by atoms with Crippen molar-refractivity contribution < 1.29 is 13.2 Å². The van der Waals surface area contributed by atoms with Crippen molar-refractivity contribution in [2.24, 2.45) is 0 Å². The minimum atomic E-state index is -4.35. The Kier molecular flexibility index (Phi) is 5.22. The number of anilines is 1. The zero-order valence-electron chi connectivity index (χ0n) is 11.0. The summed E-state index contributed by atoms with van der Waals surface area (Å²) in [6, 6.07) is 8.04.